The summed E-state index contributed by atoms with van der Waals surface area (Å²) in [5.74, 6) is 0.577. The molecule has 0 aliphatic carbocycles. The number of hydrogen-bond acceptors (Lipinski definition) is 3. The zero-order valence-corrected chi connectivity index (χ0v) is 23.9. The van der Waals surface area contributed by atoms with Crippen molar-refractivity contribution in [2.75, 3.05) is 0 Å². The molecule has 0 bridgehead atoms. The fourth-order valence-electron chi connectivity index (χ4n) is 4.84. The standard InChI is InChI=1S/C33H58O3/c1-3-5-7-8-13-16-19-22-30-26-28-32(29-27-30)36-33(35)25-21-18-15-12-10-9-11-14-17-20-24-31(34)23-6-4-2/h26-29,31,34H,3-25H2,1-2H3. The van der Waals surface area contributed by atoms with E-state index in [0.29, 0.717) is 12.2 Å². The largest absolute Gasteiger partial charge is 0.427 e. The van der Waals surface area contributed by atoms with Crippen LogP contribution in [-0.4, -0.2) is 17.2 Å². The van der Waals surface area contributed by atoms with E-state index in [1.54, 1.807) is 0 Å². The smallest absolute Gasteiger partial charge is 0.311 e. The van der Waals surface area contributed by atoms with Crippen LogP contribution in [0.5, 0.6) is 5.75 Å². The van der Waals surface area contributed by atoms with E-state index in [9.17, 15) is 9.90 Å². The molecule has 0 aliphatic rings. The zero-order chi connectivity index (χ0) is 26.1. The number of aryl methyl sites for hydroxylation is 1. The summed E-state index contributed by atoms with van der Waals surface area (Å²) in [4.78, 5) is 12.1. The van der Waals surface area contributed by atoms with Crippen molar-refractivity contribution in [3.8, 4) is 5.75 Å². The highest BCUT2D eigenvalue weighted by atomic mass is 16.5. The number of benzene rings is 1. The monoisotopic (exact) mass is 502 g/mol. The third-order valence-electron chi connectivity index (χ3n) is 7.28. The van der Waals surface area contributed by atoms with Crippen molar-refractivity contribution in [1.82, 2.24) is 0 Å². The van der Waals surface area contributed by atoms with E-state index in [1.165, 1.54) is 108 Å². The molecule has 1 atom stereocenters. The Morgan fingerprint density at radius 3 is 1.69 bits per heavy atom. The number of hydrogen-bond donors (Lipinski definition) is 1. The van der Waals surface area contributed by atoms with Gasteiger partial charge in [-0.3, -0.25) is 4.79 Å². The number of ether oxygens (including phenoxy) is 1. The van der Waals surface area contributed by atoms with Crippen LogP contribution in [0, 0.1) is 0 Å². The lowest BCUT2D eigenvalue weighted by Gasteiger charge is -2.09. The summed E-state index contributed by atoms with van der Waals surface area (Å²) in [6.45, 7) is 4.44. The summed E-state index contributed by atoms with van der Waals surface area (Å²) >= 11 is 0. The van der Waals surface area contributed by atoms with Crippen LogP contribution in [0.3, 0.4) is 0 Å². The van der Waals surface area contributed by atoms with Crippen LogP contribution < -0.4 is 4.74 Å². The number of esters is 1. The Bertz CT molecular complexity index is 610. The van der Waals surface area contributed by atoms with Crippen molar-refractivity contribution in [3.05, 3.63) is 29.8 Å². The maximum absolute atomic E-state index is 12.1. The fraction of sp³-hybridized carbons (Fsp3) is 0.788. The molecule has 1 aromatic carbocycles. The minimum atomic E-state index is -0.102. The highest BCUT2D eigenvalue weighted by Gasteiger charge is 2.06. The van der Waals surface area contributed by atoms with Gasteiger partial charge in [0.15, 0.2) is 0 Å². The predicted octanol–water partition coefficient (Wildman–Crippen LogP) is 10.1. The SMILES string of the molecule is CCCCCCCCCc1ccc(OC(=O)CCCCCCCCCCCCC(O)CCCC)cc1. The van der Waals surface area contributed by atoms with E-state index >= 15 is 0 Å². The molecule has 0 aliphatic heterocycles. The lowest BCUT2D eigenvalue weighted by Crippen LogP contribution is -2.07. The number of carbonyl (C=O) groups excluding carboxylic acids is 1. The lowest BCUT2D eigenvalue weighted by molar-refractivity contribution is -0.134. The summed E-state index contributed by atoms with van der Waals surface area (Å²) in [6, 6.07) is 8.11. The summed E-state index contributed by atoms with van der Waals surface area (Å²) < 4.78 is 5.52. The Hall–Kier alpha value is -1.35. The van der Waals surface area contributed by atoms with Gasteiger partial charge in [-0.25, -0.2) is 0 Å². The van der Waals surface area contributed by atoms with Gasteiger partial charge in [0.25, 0.3) is 0 Å². The van der Waals surface area contributed by atoms with E-state index < -0.39 is 0 Å². The zero-order valence-electron chi connectivity index (χ0n) is 23.9. The summed E-state index contributed by atoms with van der Waals surface area (Å²) in [7, 11) is 0. The second-order valence-electron chi connectivity index (χ2n) is 10.9. The molecule has 1 unspecified atom stereocenters. The Labute approximate surface area is 223 Å². The first kappa shape index (κ1) is 32.7. The molecular weight excluding hydrogens is 444 g/mol. The van der Waals surface area contributed by atoms with Gasteiger partial charge in [-0.05, 0) is 49.8 Å². The molecule has 0 aromatic heterocycles. The van der Waals surface area contributed by atoms with Gasteiger partial charge in [0.1, 0.15) is 5.75 Å². The lowest BCUT2D eigenvalue weighted by atomic mass is 10.0. The van der Waals surface area contributed by atoms with Gasteiger partial charge in [-0.2, -0.15) is 0 Å². The van der Waals surface area contributed by atoms with Crippen molar-refractivity contribution < 1.29 is 14.6 Å². The Morgan fingerprint density at radius 1 is 0.639 bits per heavy atom. The molecule has 0 spiro atoms. The minimum absolute atomic E-state index is 0.0766. The predicted molar refractivity (Wildman–Crippen MR) is 155 cm³/mol. The van der Waals surface area contributed by atoms with Crippen LogP contribution in [-0.2, 0) is 11.2 Å². The number of rotatable bonds is 25. The van der Waals surface area contributed by atoms with Gasteiger partial charge >= 0.3 is 5.97 Å². The molecule has 208 valence electrons. The van der Waals surface area contributed by atoms with Crippen LogP contribution in [0.1, 0.15) is 161 Å². The molecule has 36 heavy (non-hydrogen) atoms. The summed E-state index contributed by atoms with van der Waals surface area (Å²) in [5, 5.41) is 9.87. The van der Waals surface area contributed by atoms with Gasteiger partial charge in [0.05, 0.1) is 6.10 Å². The van der Waals surface area contributed by atoms with Gasteiger partial charge in [-0.1, -0.05) is 135 Å². The maximum Gasteiger partial charge on any atom is 0.311 e. The fourth-order valence-corrected chi connectivity index (χ4v) is 4.84. The molecule has 3 heteroatoms. The second kappa shape index (κ2) is 24.0. The normalized spacial score (nSPS) is 12.1. The minimum Gasteiger partial charge on any atom is -0.427 e. The number of carbonyl (C=O) groups is 1. The first-order valence-corrected chi connectivity index (χ1v) is 15.6. The average molecular weight is 503 g/mol. The summed E-state index contributed by atoms with van der Waals surface area (Å²) in [6.07, 6.45) is 27.3. The number of unbranched alkanes of at least 4 members (excludes halogenated alkanes) is 16. The van der Waals surface area contributed by atoms with Gasteiger partial charge in [0.2, 0.25) is 0 Å². The van der Waals surface area contributed by atoms with E-state index in [1.807, 2.05) is 12.1 Å². The van der Waals surface area contributed by atoms with Crippen LogP contribution in [0.15, 0.2) is 24.3 Å². The molecule has 0 fully saturated rings. The van der Waals surface area contributed by atoms with Crippen LogP contribution in [0.2, 0.25) is 0 Å². The van der Waals surface area contributed by atoms with Gasteiger partial charge < -0.3 is 9.84 Å². The molecule has 0 amide bonds. The quantitative estimate of drug-likeness (QED) is 0.0821. The van der Waals surface area contributed by atoms with Gasteiger partial charge in [-0.15, -0.1) is 0 Å². The topological polar surface area (TPSA) is 46.5 Å². The van der Waals surface area contributed by atoms with Crippen LogP contribution in [0.4, 0.5) is 0 Å². The second-order valence-corrected chi connectivity index (χ2v) is 10.9. The Morgan fingerprint density at radius 2 is 1.11 bits per heavy atom. The molecule has 3 nitrogen and oxygen atoms in total. The van der Waals surface area contributed by atoms with E-state index in [0.717, 1.165) is 38.5 Å². The first-order valence-electron chi connectivity index (χ1n) is 15.6. The molecule has 1 aromatic rings. The highest BCUT2D eigenvalue weighted by molar-refractivity contribution is 5.72. The van der Waals surface area contributed by atoms with Gasteiger partial charge in [0, 0.05) is 6.42 Å². The van der Waals surface area contributed by atoms with E-state index in [-0.39, 0.29) is 12.1 Å². The summed E-state index contributed by atoms with van der Waals surface area (Å²) in [5.41, 5.74) is 1.34. The number of aliphatic hydroxyl groups is 1. The molecule has 0 saturated heterocycles. The third kappa shape index (κ3) is 19.8. The third-order valence-corrected chi connectivity index (χ3v) is 7.28. The Balaban J connectivity index is 1.93. The van der Waals surface area contributed by atoms with Crippen molar-refractivity contribution >= 4 is 5.97 Å². The van der Waals surface area contributed by atoms with Crippen molar-refractivity contribution in [3.63, 3.8) is 0 Å². The molecule has 0 heterocycles. The maximum atomic E-state index is 12.1. The average Bonchev–Trinajstić information content (AvgIpc) is 2.88. The highest BCUT2D eigenvalue weighted by Crippen LogP contribution is 2.17. The molecular formula is C33H58O3. The van der Waals surface area contributed by atoms with E-state index in [4.69, 9.17) is 4.74 Å². The van der Waals surface area contributed by atoms with E-state index in [2.05, 4.69) is 26.0 Å². The van der Waals surface area contributed by atoms with Crippen LogP contribution >= 0.6 is 0 Å². The first-order chi connectivity index (χ1) is 17.7. The van der Waals surface area contributed by atoms with Crippen molar-refractivity contribution in [1.29, 1.82) is 0 Å². The van der Waals surface area contributed by atoms with Crippen LogP contribution in [0.25, 0.3) is 0 Å². The number of aliphatic hydroxyl groups excluding tert-OH is 1. The van der Waals surface area contributed by atoms with Crippen molar-refractivity contribution in [2.45, 2.75) is 168 Å². The molecule has 0 saturated carbocycles. The molecule has 1 N–H and O–H groups in total. The Kier molecular flexibility index (Phi) is 21.8. The molecule has 1 rings (SSSR count). The van der Waals surface area contributed by atoms with Crippen molar-refractivity contribution in [2.24, 2.45) is 0 Å². The molecule has 0 radical (unpaired) electrons.